The summed E-state index contributed by atoms with van der Waals surface area (Å²) >= 11 is 0. The predicted octanol–water partition coefficient (Wildman–Crippen LogP) is 1.08. The van der Waals surface area contributed by atoms with Gasteiger partial charge >= 0.3 is 0 Å². The molecule has 1 heterocycles. The molecule has 0 saturated carbocycles. The highest BCUT2D eigenvalue weighted by Crippen LogP contribution is 2.21. The smallest absolute Gasteiger partial charge is 0.0446 e. The number of rotatable bonds is 5. The summed E-state index contributed by atoms with van der Waals surface area (Å²) in [5.74, 6) is 0.827. The maximum Gasteiger partial charge on any atom is 0.0446 e. The van der Waals surface area contributed by atoms with Crippen LogP contribution in [-0.2, 0) is 0 Å². The second kappa shape index (κ2) is 6.46. The topological polar surface area (TPSA) is 35.5 Å². The molecule has 2 N–H and O–H groups in total. The van der Waals surface area contributed by atoms with Gasteiger partial charge < -0.3 is 10.4 Å². The van der Waals surface area contributed by atoms with Gasteiger partial charge in [-0.05, 0) is 39.2 Å². The molecular weight excluding hydrogens is 188 g/mol. The van der Waals surface area contributed by atoms with Crippen LogP contribution in [0.1, 0.15) is 33.1 Å². The molecule has 0 spiro atoms. The summed E-state index contributed by atoms with van der Waals surface area (Å²) in [6.45, 7) is 7.22. The van der Waals surface area contributed by atoms with Gasteiger partial charge in [0.2, 0.25) is 0 Å². The number of likely N-dealkylation sites (tertiary alicyclic amines) is 1. The zero-order valence-corrected chi connectivity index (χ0v) is 10.4. The quantitative estimate of drug-likeness (QED) is 0.719. The van der Waals surface area contributed by atoms with E-state index in [0.29, 0.717) is 12.1 Å². The van der Waals surface area contributed by atoms with Gasteiger partial charge in [-0.25, -0.2) is 0 Å². The van der Waals surface area contributed by atoms with E-state index in [-0.39, 0.29) is 6.61 Å². The van der Waals surface area contributed by atoms with E-state index in [1.807, 2.05) is 7.05 Å². The van der Waals surface area contributed by atoms with Crippen molar-refractivity contribution in [2.24, 2.45) is 5.92 Å². The van der Waals surface area contributed by atoms with Crippen molar-refractivity contribution in [2.45, 2.75) is 45.2 Å². The first-order valence-electron chi connectivity index (χ1n) is 6.19. The average Bonchev–Trinajstić information content (AvgIpc) is 2.22. The van der Waals surface area contributed by atoms with Crippen molar-refractivity contribution in [3.8, 4) is 0 Å². The average molecular weight is 214 g/mol. The zero-order valence-electron chi connectivity index (χ0n) is 10.4. The molecule has 1 saturated heterocycles. The highest BCUT2D eigenvalue weighted by Gasteiger charge is 2.24. The van der Waals surface area contributed by atoms with Crippen LogP contribution in [0.4, 0.5) is 0 Å². The van der Waals surface area contributed by atoms with Crippen LogP contribution < -0.4 is 5.32 Å². The van der Waals surface area contributed by atoms with Gasteiger partial charge in [0.05, 0.1) is 0 Å². The molecule has 90 valence electrons. The van der Waals surface area contributed by atoms with E-state index in [4.69, 9.17) is 5.11 Å². The Morgan fingerprint density at radius 1 is 1.40 bits per heavy atom. The minimum absolute atomic E-state index is 0.281. The predicted molar refractivity (Wildman–Crippen MR) is 64.0 cm³/mol. The van der Waals surface area contributed by atoms with Crippen molar-refractivity contribution >= 4 is 0 Å². The Hall–Kier alpha value is -0.120. The lowest BCUT2D eigenvalue weighted by Gasteiger charge is -2.38. The first-order valence-corrected chi connectivity index (χ1v) is 6.19. The van der Waals surface area contributed by atoms with Crippen LogP contribution in [0.2, 0.25) is 0 Å². The summed E-state index contributed by atoms with van der Waals surface area (Å²) in [5, 5.41) is 12.2. The summed E-state index contributed by atoms with van der Waals surface area (Å²) in [5.41, 5.74) is 0. The number of piperidine rings is 1. The van der Waals surface area contributed by atoms with Crippen LogP contribution in [0.5, 0.6) is 0 Å². The first kappa shape index (κ1) is 12.9. The fourth-order valence-electron chi connectivity index (χ4n) is 2.40. The molecular formula is C12H26N2O. The molecule has 3 nitrogen and oxygen atoms in total. The molecule has 1 rings (SSSR count). The largest absolute Gasteiger partial charge is 0.396 e. The molecule has 3 heteroatoms. The van der Waals surface area contributed by atoms with Gasteiger partial charge in [-0.3, -0.25) is 4.90 Å². The Morgan fingerprint density at radius 3 is 2.73 bits per heavy atom. The van der Waals surface area contributed by atoms with E-state index in [0.717, 1.165) is 18.9 Å². The van der Waals surface area contributed by atoms with E-state index in [1.165, 1.54) is 19.4 Å². The highest BCUT2D eigenvalue weighted by atomic mass is 16.3. The third-order valence-corrected chi connectivity index (χ3v) is 3.59. The van der Waals surface area contributed by atoms with E-state index in [1.54, 1.807) is 0 Å². The van der Waals surface area contributed by atoms with Crippen LogP contribution >= 0.6 is 0 Å². The number of hydrogen-bond donors (Lipinski definition) is 2. The molecule has 1 aliphatic heterocycles. The molecule has 1 fully saturated rings. The summed E-state index contributed by atoms with van der Waals surface area (Å²) in [4.78, 5) is 2.56. The van der Waals surface area contributed by atoms with Gasteiger partial charge in [0.15, 0.2) is 0 Å². The molecule has 0 aliphatic carbocycles. The number of likely N-dealkylation sites (N-methyl/N-ethyl adjacent to an activating group) is 1. The lowest BCUT2D eigenvalue weighted by atomic mass is 9.94. The highest BCUT2D eigenvalue weighted by molar-refractivity contribution is 4.80. The maximum atomic E-state index is 8.96. The summed E-state index contributed by atoms with van der Waals surface area (Å²) < 4.78 is 0. The SMILES string of the molecule is CNC(CCO)CN1CC(C)CCC1C. The van der Waals surface area contributed by atoms with Crippen LogP contribution in [0, 0.1) is 5.92 Å². The standard InChI is InChI=1S/C12H26N2O/c1-10-4-5-11(2)14(8-10)9-12(13-3)6-7-15/h10-13,15H,4-9H2,1-3H3. The molecule has 3 unspecified atom stereocenters. The van der Waals surface area contributed by atoms with Crippen molar-refractivity contribution in [1.82, 2.24) is 10.2 Å². The fraction of sp³-hybridized carbons (Fsp3) is 1.00. The van der Waals surface area contributed by atoms with Crippen molar-refractivity contribution < 1.29 is 5.11 Å². The van der Waals surface area contributed by atoms with Crippen molar-refractivity contribution in [1.29, 1.82) is 0 Å². The molecule has 0 aromatic rings. The van der Waals surface area contributed by atoms with Crippen LogP contribution in [0.25, 0.3) is 0 Å². The fourth-order valence-corrected chi connectivity index (χ4v) is 2.40. The molecule has 0 amide bonds. The number of nitrogens with one attached hydrogen (secondary N) is 1. The lowest BCUT2D eigenvalue weighted by Crippen LogP contribution is -2.48. The van der Waals surface area contributed by atoms with E-state index < -0.39 is 0 Å². The van der Waals surface area contributed by atoms with Gasteiger partial charge in [-0.15, -0.1) is 0 Å². The minimum Gasteiger partial charge on any atom is -0.396 e. The summed E-state index contributed by atoms with van der Waals surface area (Å²) in [6.07, 6.45) is 3.53. The van der Waals surface area contributed by atoms with E-state index in [2.05, 4.69) is 24.1 Å². The molecule has 3 atom stereocenters. The Morgan fingerprint density at radius 2 is 2.13 bits per heavy atom. The molecule has 0 aromatic carbocycles. The lowest BCUT2D eigenvalue weighted by molar-refractivity contribution is 0.107. The second-order valence-electron chi connectivity index (χ2n) is 4.98. The third-order valence-electron chi connectivity index (χ3n) is 3.59. The van der Waals surface area contributed by atoms with Crippen LogP contribution in [0.15, 0.2) is 0 Å². The zero-order chi connectivity index (χ0) is 11.3. The van der Waals surface area contributed by atoms with E-state index in [9.17, 15) is 0 Å². The van der Waals surface area contributed by atoms with Crippen LogP contribution in [0.3, 0.4) is 0 Å². The maximum absolute atomic E-state index is 8.96. The molecule has 0 bridgehead atoms. The van der Waals surface area contributed by atoms with Crippen LogP contribution in [-0.4, -0.2) is 48.8 Å². The van der Waals surface area contributed by atoms with Crippen molar-refractivity contribution in [3.63, 3.8) is 0 Å². The minimum atomic E-state index is 0.281. The van der Waals surface area contributed by atoms with Crippen molar-refractivity contribution in [3.05, 3.63) is 0 Å². The Kier molecular flexibility index (Phi) is 5.58. The molecule has 0 aromatic heterocycles. The van der Waals surface area contributed by atoms with Gasteiger partial charge in [-0.1, -0.05) is 6.92 Å². The Balaban J connectivity index is 2.39. The van der Waals surface area contributed by atoms with Gasteiger partial charge in [0.1, 0.15) is 0 Å². The molecule has 0 radical (unpaired) electrons. The number of aliphatic hydroxyl groups excluding tert-OH is 1. The van der Waals surface area contributed by atoms with Crippen molar-refractivity contribution in [2.75, 3.05) is 26.7 Å². The van der Waals surface area contributed by atoms with Gasteiger partial charge in [0.25, 0.3) is 0 Å². The Bertz CT molecular complexity index is 175. The Labute approximate surface area is 93.9 Å². The first-order chi connectivity index (χ1) is 7.17. The second-order valence-corrected chi connectivity index (χ2v) is 4.98. The summed E-state index contributed by atoms with van der Waals surface area (Å²) in [7, 11) is 1.98. The number of hydrogen-bond acceptors (Lipinski definition) is 3. The number of nitrogens with zero attached hydrogens (tertiary/aromatic N) is 1. The summed E-state index contributed by atoms with van der Waals surface area (Å²) in [6, 6.07) is 1.14. The molecule has 15 heavy (non-hydrogen) atoms. The third kappa shape index (κ3) is 4.09. The van der Waals surface area contributed by atoms with Gasteiger partial charge in [-0.2, -0.15) is 0 Å². The normalized spacial score (nSPS) is 30.4. The van der Waals surface area contributed by atoms with Gasteiger partial charge in [0, 0.05) is 31.8 Å². The molecule has 1 aliphatic rings. The monoisotopic (exact) mass is 214 g/mol. The van der Waals surface area contributed by atoms with E-state index >= 15 is 0 Å². The number of aliphatic hydroxyl groups is 1.